The standard InChI is InChI=1S/C20H23ClN4O2/c1-14-5-4-6-18(22-14)13-27-23-15(2)16-7-8-19(21)17(11-16)12-25-10-9-24(3)20(25)26/h4-8,11H,9-10,12-13H2,1-3H3. The molecule has 0 radical (unpaired) electrons. The first-order chi connectivity index (χ1) is 12.9. The van der Waals surface area contributed by atoms with Gasteiger partial charge in [0.1, 0.15) is 0 Å². The van der Waals surface area contributed by atoms with E-state index < -0.39 is 0 Å². The smallest absolute Gasteiger partial charge is 0.320 e. The number of likely N-dealkylation sites (N-methyl/N-ethyl adjacent to an activating group) is 1. The Morgan fingerprint density at radius 1 is 1.30 bits per heavy atom. The maximum absolute atomic E-state index is 12.1. The molecule has 2 aromatic rings. The molecule has 0 N–H and O–H groups in total. The van der Waals surface area contributed by atoms with E-state index in [2.05, 4.69) is 10.1 Å². The molecule has 0 atom stereocenters. The molecule has 1 aromatic carbocycles. The van der Waals surface area contributed by atoms with Gasteiger partial charge in [0.2, 0.25) is 0 Å². The molecule has 1 saturated heterocycles. The minimum absolute atomic E-state index is 0.0239. The second kappa shape index (κ2) is 8.39. The maximum Gasteiger partial charge on any atom is 0.320 e. The van der Waals surface area contributed by atoms with Gasteiger partial charge in [-0.1, -0.05) is 28.9 Å². The van der Waals surface area contributed by atoms with Gasteiger partial charge in [0, 0.05) is 37.4 Å². The van der Waals surface area contributed by atoms with Gasteiger partial charge in [0.25, 0.3) is 0 Å². The molecule has 0 unspecified atom stereocenters. The molecule has 6 nitrogen and oxygen atoms in total. The van der Waals surface area contributed by atoms with Crippen molar-refractivity contribution in [1.29, 1.82) is 0 Å². The van der Waals surface area contributed by atoms with Crippen LogP contribution in [0.15, 0.2) is 41.6 Å². The Kier molecular flexibility index (Phi) is 5.96. The van der Waals surface area contributed by atoms with Crippen molar-refractivity contribution in [3.05, 3.63) is 63.9 Å². The van der Waals surface area contributed by atoms with Crippen molar-refractivity contribution in [2.45, 2.75) is 27.0 Å². The van der Waals surface area contributed by atoms with E-state index in [4.69, 9.17) is 16.4 Å². The number of amides is 2. The number of carbonyl (C=O) groups is 1. The van der Waals surface area contributed by atoms with Crippen molar-refractivity contribution in [1.82, 2.24) is 14.8 Å². The second-order valence-corrected chi connectivity index (χ2v) is 7.06. The molecular formula is C20H23ClN4O2. The lowest BCUT2D eigenvalue weighted by Crippen LogP contribution is -2.29. The quantitative estimate of drug-likeness (QED) is 0.559. The number of halogens is 1. The predicted molar refractivity (Wildman–Crippen MR) is 106 cm³/mol. The Morgan fingerprint density at radius 3 is 2.81 bits per heavy atom. The predicted octanol–water partition coefficient (Wildman–Crippen LogP) is 3.85. The highest BCUT2D eigenvalue weighted by Crippen LogP contribution is 2.22. The minimum Gasteiger partial charge on any atom is -0.389 e. The monoisotopic (exact) mass is 386 g/mol. The minimum atomic E-state index is 0.0239. The van der Waals surface area contributed by atoms with Crippen molar-refractivity contribution in [3.63, 3.8) is 0 Å². The fourth-order valence-electron chi connectivity index (χ4n) is 2.90. The molecule has 2 amide bonds. The Balaban J connectivity index is 1.67. The van der Waals surface area contributed by atoms with Gasteiger partial charge in [-0.15, -0.1) is 0 Å². The highest BCUT2D eigenvalue weighted by Gasteiger charge is 2.25. The third-order valence-corrected chi connectivity index (χ3v) is 4.86. The van der Waals surface area contributed by atoms with E-state index in [-0.39, 0.29) is 6.03 Å². The fraction of sp³-hybridized carbons (Fsp3) is 0.350. The topological polar surface area (TPSA) is 58.0 Å². The molecule has 0 saturated carbocycles. The summed E-state index contributed by atoms with van der Waals surface area (Å²) in [7, 11) is 1.80. The van der Waals surface area contributed by atoms with Gasteiger partial charge >= 0.3 is 6.03 Å². The van der Waals surface area contributed by atoms with Gasteiger partial charge in [-0.3, -0.25) is 4.98 Å². The summed E-state index contributed by atoms with van der Waals surface area (Å²) in [5.41, 5.74) is 4.33. The molecule has 0 aliphatic carbocycles. The van der Waals surface area contributed by atoms with E-state index in [1.807, 2.05) is 50.2 Å². The summed E-state index contributed by atoms with van der Waals surface area (Å²) in [5.74, 6) is 0. The zero-order chi connectivity index (χ0) is 19.4. The summed E-state index contributed by atoms with van der Waals surface area (Å²) in [6.07, 6.45) is 0. The number of oxime groups is 1. The molecule has 0 bridgehead atoms. The van der Waals surface area contributed by atoms with E-state index in [0.717, 1.165) is 34.8 Å². The molecule has 0 spiro atoms. The summed E-state index contributed by atoms with van der Waals surface area (Å²) in [5, 5.41) is 4.83. The number of pyridine rings is 1. The first-order valence-electron chi connectivity index (χ1n) is 8.82. The Morgan fingerprint density at radius 2 is 2.11 bits per heavy atom. The third kappa shape index (κ3) is 4.77. The summed E-state index contributed by atoms with van der Waals surface area (Å²) in [6.45, 7) is 6.06. The van der Waals surface area contributed by atoms with Crippen molar-refractivity contribution in [2.75, 3.05) is 20.1 Å². The zero-order valence-electron chi connectivity index (χ0n) is 15.8. The fourth-order valence-corrected chi connectivity index (χ4v) is 3.08. The van der Waals surface area contributed by atoms with Crippen LogP contribution < -0.4 is 0 Å². The summed E-state index contributed by atoms with van der Waals surface area (Å²) < 4.78 is 0. The number of aryl methyl sites for hydroxylation is 1. The van der Waals surface area contributed by atoms with E-state index in [0.29, 0.717) is 24.7 Å². The van der Waals surface area contributed by atoms with Crippen molar-refractivity contribution < 1.29 is 9.63 Å². The number of carbonyl (C=O) groups excluding carboxylic acids is 1. The number of hydrogen-bond acceptors (Lipinski definition) is 4. The van der Waals surface area contributed by atoms with Crippen LogP contribution in [-0.4, -0.2) is 46.7 Å². The molecule has 2 heterocycles. The van der Waals surface area contributed by atoms with Crippen LogP contribution in [0.5, 0.6) is 0 Å². The van der Waals surface area contributed by atoms with Gasteiger partial charge in [-0.2, -0.15) is 0 Å². The summed E-state index contributed by atoms with van der Waals surface area (Å²) in [4.78, 5) is 25.4. The van der Waals surface area contributed by atoms with Crippen LogP contribution in [0.1, 0.15) is 29.4 Å². The van der Waals surface area contributed by atoms with Gasteiger partial charge in [-0.05, 0) is 49.2 Å². The average Bonchev–Trinajstić information content (AvgIpc) is 2.95. The Bertz CT molecular complexity index is 869. The highest BCUT2D eigenvalue weighted by molar-refractivity contribution is 6.31. The first-order valence-corrected chi connectivity index (χ1v) is 9.20. The normalized spacial score (nSPS) is 14.8. The number of hydrogen-bond donors (Lipinski definition) is 0. The van der Waals surface area contributed by atoms with Crippen molar-refractivity contribution in [3.8, 4) is 0 Å². The molecule has 27 heavy (non-hydrogen) atoms. The molecule has 1 aliphatic rings. The van der Waals surface area contributed by atoms with Gasteiger partial charge in [0.05, 0.1) is 11.4 Å². The van der Waals surface area contributed by atoms with Crippen LogP contribution in [0.2, 0.25) is 5.02 Å². The Hall–Kier alpha value is -2.60. The number of benzene rings is 1. The Labute approximate surface area is 164 Å². The van der Waals surface area contributed by atoms with Crippen molar-refractivity contribution >= 4 is 23.3 Å². The molecule has 1 aliphatic heterocycles. The molecule has 142 valence electrons. The summed E-state index contributed by atoms with van der Waals surface area (Å²) >= 11 is 6.33. The van der Waals surface area contributed by atoms with E-state index in [9.17, 15) is 4.79 Å². The van der Waals surface area contributed by atoms with Crippen molar-refractivity contribution in [2.24, 2.45) is 5.16 Å². The third-order valence-electron chi connectivity index (χ3n) is 4.49. The number of urea groups is 1. The van der Waals surface area contributed by atoms with Gasteiger partial charge < -0.3 is 14.6 Å². The van der Waals surface area contributed by atoms with E-state index in [1.54, 1.807) is 16.8 Å². The first kappa shape index (κ1) is 19.2. The summed E-state index contributed by atoms with van der Waals surface area (Å²) in [6, 6.07) is 11.5. The van der Waals surface area contributed by atoms with E-state index >= 15 is 0 Å². The number of aromatic nitrogens is 1. The molecule has 1 aromatic heterocycles. The van der Waals surface area contributed by atoms with E-state index in [1.165, 1.54) is 0 Å². The van der Waals surface area contributed by atoms with Crippen LogP contribution in [-0.2, 0) is 18.0 Å². The SMILES string of the molecule is CC(=NOCc1cccc(C)n1)c1ccc(Cl)c(CN2CCN(C)C2=O)c1. The number of rotatable bonds is 6. The number of nitrogens with zero attached hydrogens (tertiary/aromatic N) is 4. The van der Waals surface area contributed by atoms with Crippen LogP contribution >= 0.6 is 11.6 Å². The molecule has 1 fully saturated rings. The lowest BCUT2D eigenvalue weighted by molar-refractivity contribution is 0.127. The maximum atomic E-state index is 12.1. The highest BCUT2D eigenvalue weighted by atomic mass is 35.5. The molecule has 3 rings (SSSR count). The average molecular weight is 387 g/mol. The molecule has 7 heteroatoms. The van der Waals surface area contributed by atoms with Gasteiger partial charge in [0.15, 0.2) is 6.61 Å². The van der Waals surface area contributed by atoms with Gasteiger partial charge in [-0.25, -0.2) is 4.79 Å². The second-order valence-electron chi connectivity index (χ2n) is 6.65. The zero-order valence-corrected chi connectivity index (χ0v) is 16.5. The van der Waals surface area contributed by atoms with Crippen LogP contribution in [0.3, 0.4) is 0 Å². The van der Waals surface area contributed by atoms with Crippen LogP contribution in [0.25, 0.3) is 0 Å². The van der Waals surface area contributed by atoms with Crippen LogP contribution in [0, 0.1) is 6.92 Å². The lowest BCUT2D eigenvalue weighted by Gasteiger charge is -2.17. The molecular weight excluding hydrogens is 364 g/mol. The lowest BCUT2D eigenvalue weighted by atomic mass is 10.1. The largest absolute Gasteiger partial charge is 0.389 e. The van der Waals surface area contributed by atoms with Crippen LogP contribution in [0.4, 0.5) is 4.79 Å².